The molecule has 0 saturated heterocycles. The SMILES string of the molecule is CCNC(=NCC(C)(C)CCS(C)(=O)=O)NCC(CC)(CC)CCO. The summed E-state index contributed by atoms with van der Waals surface area (Å²) in [5.41, 5.74) is -0.111. The Bertz CT molecular complexity index is 498. The molecule has 0 fully saturated rings. The molecule has 25 heavy (non-hydrogen) atoms. The first-order chi connectivity index (χ1) is 11.5. The van der Waals surface area contributed by atoms with Gasteiger partial charge in [-0.3, -0.25) is 4.99 Å². The number of sulfone groups is 1. The lowest BCUT2D eigenvalue weighted by atomic mass is 9.79. The molecule has 0 saturated carbocycles. The van der Waals surface area contributed by atoms with Crippen LogP contribution in [0.1, 0.15) is 60.3 Å². The van der Waals surface area contributed by atoms with Crippen molar-refractivity contribution in [1.82, 2.24) is 10.6 Å². The number of aliphatic hydroxyl groups excluding tert-OH is 1. The van der Waals surface area contributed by atoms with Gasteiger partial charge < -0.3 is 15.7 Å². The summed E-state index contributed by atoms with van der Waals surface area (Å²) in [6.07, 6.45) is 4.63. The zero-order valence-electron chi connectivity index (χ0n) is 17.0. The second-order valence-corrected chi connectivity index (χ2v) is 10.0. The minimum atomic E-state index is -2.95. The van der Waals surface area contributed by atoms with Crippen LogP contribution >= 0.6 is 0 Å². The first kappa shape index (κ1) is 24.2. The number of nitrogens with one attached hydrogen (secondary N) is 2. The fraction of sp³-hybridized carbons (Fsp3) is 0.944. The summed E-state index contributed by atoms with van der Waals surface area (Å²) in [6, 6.07) is 0. The number of rotatable bonds is 12. The molecule has 0 rings (SSSR count). The molecule has 0 heterocycles. The number of aliphatic imine (C=N–C) groups is 1. The summed E-state index contributed by atoms with van der Waals surface area (Å²) in [7, 11) is -2.95. The van der Waals surface area contributed by atoms with Crippen LogP contribution in [-0.4, -0.2) is 57.7 Å². The second kappa shape index (κ2) is 11.0. The van der Waals surface area contributed by atoms with Gasteiger partial charge in [0.25, 0.3) is 0 Å². The van der Waals surface area contributed by atoms with E-state index in [9.17, 15) is 13.5 Å². The second-order valence-electron chi connectivity index (χ2n) is 7.77. The van der Waals surface area contributed by atoms with Crippen molar-refractivity contribution < 1.29 is 13.5 Å². The third-order valence-electron chi connectivity index (χ3n) is 4.93. The fourth-order valence-corrected chi connectivity index (χ4v) is 3.55. The quantitative estimate of drug-likeness (QED) is 0.358. The molecule has 0 aromatic rings. The van der Waals surface area contributed by atoms with E-state index in [1.54, 1.807) is 0 Å². The fourth-order valence-electron chi connectivity index (χ4n) is 2.63. The Labute approximate surface area is 154 Å². The van der Waals surface area contributed by atoms with Gasteiger partial charge in [-0.1, -0.05) is 27.7 Å². The molecule has 3 N–H and O–H groups in total. The minimum Gasteiger partial charge on any atom is -0.396 e. The van der Waals surface area contributed by atoms with Crippen LogP contribution in [0, 0.1) is 10.8 Å². The molecule has 0 bridgehead atoms. The van der Waals surface area contributed by atoms with Crippen LogP contribution in [0.3, 0.4) is 0 Å². The van der Waals surface area contributed by atoms with Crippen molar-refractivity contribution in [3.8, 4) is 0 Å². The van der Waals surface area contributed by atoms with Gasteiger partial charge in [-0.25, -0.2) is 8.42 Å². The van der Waals surface area contributed by atoms with Gasteiger partial charge in [-0.2, -0.15) is 0 Å². The molecule has 0 atom stereocenters. The summed E-state index contributed by atoms with van der Waals surface area (Å²) in [5, 5.41) is 16.0. The van der Waals surface area contributed by atoms with Gasteiger partial charge in [0, 0.05) is 32.5 Å². The van der Waals surface area contributed by atoms with Crippen LogP contribution in [0.15, 0.2) is 4.99 Å². The largest absolute Gasteiger partial charge is 0.396 e. The van der Waals surface area contributed by atoms with Gasteiger partial charge in [0.1, 0.15) is 9.84 Å². The summed E-state index contributed by atoms with van der Waals surface area (Å²) in [5.74, 6) is 0.934. The van der Waals surface area contributed by atoms with E-state index >= 15 is 0 Å². The lowest BCUT2D eigenvalue weighted by Gasteiger charge is -2.32. The predicted octanol–water partition coefficient (Wildman–Crippen LogP) is 2.19. The normalized spacial score (nSPS) is 13.8. The zero-order valence-corrected chi connectivity index (χ0v) is 17.8. The number of hydrogen-bond donors (Lipinski definition) is 3. The van der Waals surface area contributed by atoms with Crippen molar-refractivity contribution in [3.05, 3.63) is 0 Å². The van der Waals surface area contributed by atoms with Crippen molar-refractivity contribution in [2.45, 2.75) is 60.3 Å². The Balaban J connectivity index is 4.88. The Morgan fingerprint density at radius 2 is 1.68 bits per heavy atom. The summed E-state index contributed by atoms with van der Waals surface area (Å²) in [4.78, 5) is 4.65. The van der Waals surface area contributed by atoms with Crippen LogP contribution in [-0.2, 0) is 9.84 Å². The van der Waals surface area contributed by atoms with Gasteiger partial charge in [0.2, 0.25) is 0 Å². The molecule has 0 aliphatic rings. The maximum Gasteiger partial charge on any atom is 0.191 e. The monoisotopic (exact) mass is 377 g/mol. The van der Waals surface area contributed by atoms with E-state index in [-0.39, 0.29) is 23.2 Å². The molecular formula is C18H39N3O3S. The smallest absolute Gasteiger partial charge is 0.191 e. The van der Waals surface area contributed by atoms with E-state index in [1.807, 2.05) is 20.8 Å². The Morgan fingerprint density at radius 1 is 1.08 bits per heavy atom. The topological polar surface area (TPSA) is 90.8 Å². The van der Waals surface area contributed by atoms with Crippen molar-refractivity contribution in [1.29, 1.82) is 0 Å². The highest BCUT2D eigenvalue weighted by atomic mass is 32.2. The highest BCUT2D eigenvalue weighted by Crippen LogP contribution is 2.29. The summed E-state index contributed by atoms with van der Waals surface area (Å²) >= 11 is 0. The summed E-state index contributed by atoms with van der Waals surface area (Å²) < 4.78 is 22.8. The van der Waals surface area contributed by atoms with E-state index in [4.69, 9.17) is 0 Å². The minimum absolute atomic E-state index is 0.0662. The highest BCUT2D eigenvalue weighted by molar-refractivity contribution is 7.90. The molecule has 0 amide bonds. The zero-order chi connectivity index (χ0) is 19.6. The molecule has 0 aromatic heterocycles. The maximum absolute atomic E-state index is 11.4. The van der Waals surface area contributed by atoms with E-state index in [2.05, 4.69) is 29.5 Å². The first-order valence-electron chi connectivity index (χ1n) is 9.34. The van der Waals surface area contributed by atoms with Crippen molar-refractivity contribution in [3.63, 3.8) is 0 Å². The molecule has 150 valence electrons. The third-order valence-corrected chi connectivity index (χ3v) is 5.88. The Kier molecular flexibility index (Phi) is 10.7. The standard InChI is InChI=1S/C18H39N3O3S/c1-7-18(8-2,10-12-22)15-21-16(19-9-3)20-14-17(4,5)11-13-25(6,23)24/h22H,7-15H2,1-6H3,(H2,19,20,21). The Morgan fingerprint density at radius 3 is 2.12 bits per heavy atom. The average molecular weight is 378 g/mol. The van der Waals surface area contributed by atoms with Gasteiger partial charge >= 0.3 is 0 Å². The van der Waals surface area contributed by atoms with E-state index in [1.165, 1.54) is 6.26 Å². The molecule has 0 aromatic carbocycles. The molecule has 0 unspecified atom stereocenters. The third kappa shape index (κ3) is 10.7. The maximum atomic E-state index is 11.4. The van der Waals surface area contributed by atoms with Gasteiger partial charge in [-0.05, 0) is 43.4 Å². The molecule has 0 aliphatic carbocycles. The predicted molar refractivity (Wildman–Crippen MR) is 107 cm³/mol. The lowest BCUT2D eigenvalue weighted by molar-refractivity contribution is 0.169. The van der Waals surface area contributed by atoms with Crippen molar-refractivity contribution in [2.75, 3.05) is 38.2 Å². The molecular weight excluding hydrogens is 338 g/mol. The van der Waals surface area contributed by atoms with Crippen molar-refractivity contribution >= 4 is 15.8 Å². The van der Waals surface area contributed by atoms with Crippen LogP contribution in [0.4, 0.5) is 0 Å². The van der Waals surface area contributed by atoms with Crippen LogP contribution in [0.5, 0.6) is 0 Å². The van der Waals surface area contributed by atoms with Crippen LogP contribution < -0.4 is 10.6 Å². The molecule has 6 nitrogen and oxygen atoms in total. The Hall–Kier alpha value is -0.820. The van der Waals surface area contributed by atoms with E-state index < -0.39 is 9.84 Å². The number of nitrogens with zero attached hydrogens (tertiary/aromatic N) is 1. The highest BCUT2D eigenvalue weighted by Gasteiger charge is 2.26. The van der Waals surface area contributed by atoms with Crippen LogP contribution in [0.2, 0.25) is 0 Å². The van der Waals surface area contributed by atoms with Gasteiger partial charge in [0.05, 0.1) is 5.75 Å². The van der Waals surface area contributed by atoms with Crippen molar-refractivity contribution in [2.24, 2.45) is 15.8 Å². The number of guanidine groups is 1. The van der Waals surface area contributed by atoms with E-state index in [0.717, 1.165) is 38.3 Å². The molecule has 0 aliphatic heterocycles. The molecule has 0 spiro atoms. The summed E-state index contributed by atoms with van der Waals surface area (Å²) in [6.45, 7) is 12.7. The van der Waals surface area contributed by atoms with Gasteiger partial charge in [0.15, 0.2) is 5.96 Å². The molecule has 0 radical (unpaired) electrons. The van der Waals surface area contributed by atoms with E-state index in [0.29, 0.717) is 13.0 Å². The lowest BCUT2D eigenvalue weighted by Crippen LogP contribution is -2.44. The molecule has 7 heteroatoms. The first-order valence-corrected chi connectivity index (χ1v) is 11.4. The van der Waals surface area contributed by atoms with Gasteiger partial charge in [-0.15, -0.1) is 0 Å². The average Bonchev–Trinajstić information content (AvgIpc) is 2.54. The van der Waals surface area contributed by atoms with Crippen LogP contribution in [0.25, 0.3) is 0 Å². The number of aliphatic hydroxyl groups is 1. The number of hydrogen-bond acceptors (Lipinski definition) is 4.